The summed E-state index contributed by atoms with van der Waals surface area (Å²) in [5.41, 5.74) is 2.88. The van der Waals surface area contributed by atoms with Gasteiger partial charge in [0.1, 0.15) is 5.75 Å². The molecule has 0 radical (unpaired) electrons. The molecule has 0 N–H and O–H groups in total. The maximum Gasteiger partial charge on any atom is 0.119 e. The quantitative estimate of drug-likeness (QED) is 0.839. The number of hydrogen-bond acceptors (Lipinski definition) is 3. The van der Waals surface area contributed by atoms with Crippen molar-refractivity contribution in [2.75, 3.05) is 44.7 Å². The van der Waals surface area contributed by atoms with E-state index in [9.17, 15) is 0 Å². The van der Waals surface area contributed by atoms with E-state index in [1.54, 1.807) is 7.11 Å². The van der Waals surface area contributed by atoms with Gasteiger partial charge in [0.15, 0.2) is 0 Å². The zero-order valence-corrected chi connectivity index (χ0v) is 12.6. The van der Waals surface area contributed by atoms with E-state index in [0.717, 1.165) is 5.75 Å². The standard InChI is InChI=1S/C17H26N2O/c1-20-16-7-8-17-15(14-16)6-5-11-19(17)13-12-18-9-3-2-4-10-18/h7-8,14H,2-6,9-13H2,1H3. The SMILES string of the molecule is COc1ccc2c(c1)CCCN2CCN1CCCCC1. The number of likely N-dealkylation sites (tertiary alicyclic amines) is 1. The van der Waals surface area contributed by atoms with Crippen LogP contribution in [0.5, 0.6) is 5.75 Å². The van der Waals surface area contributed by atoms with E-state index in [4.69, 9.17) is 4.74 Å². The third-order valence-electron chi connectivity index (χ3n) is 4.64. The molecule has 2 aliphatic heterocycles. The van der Waals surface area contributed by atoms with Crippen molar-refractivity contribution in [1.82, 2.24) is 4.90 Å². The van der Waals surface area contributed by atoms with Crippen molar-refractivity contribution in [2.24, 2.45) is 0 Å². The minimum atomic E-state index is 0.988. The lowest BCUT2D eigenvalue weighted by molar-refractivity contribution is 0.233. The molecule has 0 bridgehead atoms. The van der Waals surface area contributed by atoms with Crippen molar-refractivity contribution in [1.29, 1.82) is 0 Å². The first-order valence-corrected chi connectivity index (χ1v) is 8.01. The largest absolute Gasteiger partial charge is 0.497 e. The predicted octanol–water partition coefficient (Wildman–Crippen LogP) is 2.93. The van der Waals surface area contributed by atoms with Crippen molar-refractivity contribution in [3.05, 3.63) is 23.8 Å². The Morgan fingerprint density at radius 2 is 1.85 bits per heavy atom. The minimum absolute atomic E-state index is 0.988. The van der Waals surface area contributed by atoms with Crippen LogP contribution in [-0.2, 0) is 6.42 Å². The van der Waals surface area contributed by atoms with Gasteiger partial charge in [-0.1, -0.05) is 6.42 Å². The fraction of sp³-hybridized carbons (Fsp3) is 0.647. The van der Waals surface area contributed by atoms with Crippen molar-refractivity contribution >= 4 is 5.69 Å². The van der Waals surface area contributed by atoms with E-state index >= 15 is 0 Å². The summed E-state index contributed by atoms with van der Waals surface area (Å²) < 4.78 is 5.34. The van der Waals surface area contributed by atoms with Gasteiger partial charge in [-0.3, -0.25) is 0 Å². The minimum Gasteiger partial charge on any atom is -0.497 e. The molecular weight excluding hydrogens is 248 g/mol. The van der Waals surface area contributed by atoms with Crippen LogP contribution in [0.15, 0.2) is 18.2 Å². The molecule has 0 unspecified atom stereocenters. The van der Waals surface area contributed by atoms with Gasteiger partial charge in [-0.15, -0.1) is 0 Å². The second-order valence-corrected chi connectivity index (χ2v) is 5.99. The maximum atomic E-state index is 5.34. The van der Waals surface area contributed by atoms with Gasteiger partial charge < -0.3 is 14.5 Å². The van der Waals surface area contributed by atoms with Gasteiger partial charge in [-0.25, -0.2) is 0 Å². The van der Waals surface area contributed by atoms with Crippen LogP contribution in [0, 0.1) is 0 Å². The van der Waals surface area contributed by atoms with Crippen LogP contribution in [0.2, 0.25) is 0 Å². The summed E-state index contributed by atoms with van der Waals surface area (Å²) in [6.45, 7) is 6.17. The lowest BCUT2D eigenvalue weighted by atomic mass is 10.0. The molecule has 2 aliphatic rings. The third-order valence-corrected chi connectivity index (χ3v) is 4.64. The summed E-state index contributed by atoms with van der Waals surface area (Å²) in [6.07, 6.45) is 6.64. The number of rotatable bonds is 4. The number of nitrogens with zero attached hydrogens (tertiary/aromatic N) is 2. The summed E-state index contributed by atoms with van der Waals surface area (Å²) >= 11 is 0. The highest BCUT2D eigenvalue weighted by Crippen LogP contribution is 2.30. The Morgan fingerprint density at radius 1 is 1.00 bits per heavy atom. The van der Waals surface area contributed by atoms with E-state index < -0.39 is 0 Å². The Balaban J connectivity index is 1.63. The van der Waals surface area contributed by atoms with Crippen LogP contribution in [0.1, 0.15) is 31.2 Å². The van der Waals surface area contributed by atoms with Crippen molar-refractivity contribution < 1.29 is 4.74 Å². The molecule has 1 saturated heterocycles. The average molecular weight is 274 g/mol. The number of hydrogen-bond donors (Lipinski definition) is 0. The van der Waals surface area contributed by atoms with Crippen LogP contribution in [0.3, 0.4) is 0 Å². The Bertz CT molecular complexity index is 441. The normalized spacial score (nSPS) is 19.8. The molecule has 3 heteroatoms. The van der Waals surface area contributed by atoms with Gasteiger partial charge in [0.25, 0.3) is 0 Å². The number of piperidine rings is 1. The van der Waals surface area contributed by atoms with Gasteiger partial charge in [0, 0.05) is 25.3 Å². The average Bonchev–Trinajstić information content (AvgIpc) is 2.53. The van der Waals surface area contributed by atoms with E-state index in [-0.39, 0.29) is 0 Å². The van der Waals surface area contributed by atoms with Crippen LogP contribution in [0.25, 0.3) is 0 Å². The van der Waals surface area contributed by atoms with E-state index in [2.05, 4.69) is 28.0 Å². The second kappa shape index (κ2) is 6.49. The molecule has 0 amide bonds. The zero-order chi connectivity index (χ0) is 13.8. The Hall–Kier alpha value is -1.22. The molecule has 110 valence electrons. The number of methoxy groups -OCH3 is 1. The summed E-state index contributed by atoms with van der Waals surface area (Å²) in [6, 6.07) is 6.55. The van der Waals surface area contributed by atoms with Crippen LogP contribution >= 0.6 is 0 Å². The Labute approximate surface area is 122 Å². The maximum absolute atomic E-state index is 5.34. The Morgan fingerprint density at radius 3 is 2.65 bits per heavy atom. The number of anilines is 1. The highest BCUT2D eigenvalue weighted by molar-refractivity contribution is 5.58. The first kappa shape index (κ1) is 13.7. The molecule has 0 spiro atoms. The molecule has 1 fully saturated rings. The van der Waals surface area contributed by atoms with Gasteiger partial charge in [-0.2, -0.15) is 0 Å². The second-order valence-electron chi connectivity index (χ2n) is 5.99. The molecule has 3 nitrogen and oxygen atoms in total. The van der Waals surface area contributed by atoms with Crippen molar-refractivity contribution in [2.45, 2.75) is 32.1 Å². The van der Waals surface area contributed by atoms with Crippen LogP contribution < -0.4 is 9.64 Å². The predicted molar refractivity (Wildman–Crippen MR) is 83.8 cm³/mol. The molecule has 1 aromatic carbocycles. The van der Waals surface area contributed by atoms with E-state index in [1.807, 2.05) is 0 Å². The number of aryl methyl sites for hydroxylation is 1. The van der Waals surface area contributed by atoms with E-state index in [1.165, 1.54) is 76.1 Å². The molecule has 2 heterocycles. The molecule has 0 atom stereocenters. The highest BCUT2D eigenvalue weighted by atomic mass is 16.5. The molecule has 0 saturated carbocycles. The van der Waals surface area contributed by atoms with Gasteiger partial charge >= 0.3 is 0 Å². The first-order valence-electron chi connectivity index (χ1n) is 8.01. The Kier molecular flexibility index (Phi) is 4.46. The number of benzene rings is 1. The highest BCUT2D eigenvalue weighted by Gasteiger charge is 2.18. The molecule has 0 aliphatic carbocycles. The number of fused-ring (bicyclic) bond motifs is 1. The first-order chi connectivity index (χ1) is 9.86. The van der Waals surface area contributed by atoms with Gasteiger partial charge in [-0.05, 0) is 62.5 Å². The lowest BCUT2D eigenvalue weighted by Crippen LogP contribution is -2.39. The zero-order valence-electron chi connectivity index (χ0n) is 12.6. The van der Waals surface area contributed by atoms with Gasteiger partial charge in [0.2, 0.25) is 0 Å². The van der Waals surface area contributed by atoms with Gasteiger partial charge in [0.05, 0.1) is 7.11 Å². The topological polar surface area (TPSA) is 15.7 Å². The molecule has 3 rings (SSSR count). The molecule has 1 aromatic rings. The summed E-state index contributed by atoms with van der Waals surface area (Å²) in [7, 11) is 1.75. The van der Waals surface area contributed by atoms with Crippen molar-refractivity contribution in [3.8, 4) is 5.75 Å². The summed E-state index contributed by atoms with van der Waals surface area (Å²) in [4.78, 5) is 5.19. The summed E-state index contributed by atoms with van der Waals surface area (Å²) in [5, 5.41) is 0. The molecule has 20 heavy (non-hydrogen) atoms. The van der Waals surface area contributed by atoms with Crippen molar-refractivity contribution in [3.63, 3.8) is 0 Å². The van der Waals surface area contributed by atoms with E-state index in [0.29, 0.717) is 0 Å². The van der Waals surface area contributed by atoms with Crippen LogP contribution in [0.4, 0.5) is 5.69 Å². The fourth-order valence-electron chi connectivity index (χ4n) is 3.46. The lowest BCUT2D eigenvalue weighted by Gasteiger charge is -2.34. The van der Waals surface area contributed by atoms with Crippen LogP contribution in [-0.4, -0.2) is 44.7 Å². The fourth-order valence-corrected chi connectivity index (χ4v) is 3.46. The number of ether oxygens (including phenoxy) is 1. The summed E-state index contributed by atoms with van der Waals surface area (Å²) in [5.74, 6) is 0.988. The monoisotopic (exact) mass is 274 g/mol. The smallest absolute Gasteiger partial charge is 0.119 e. The molecule has 0 aromatic heterocycles. The third kappa shape index (κ3) is 3.09. The molecular formula is C17H26N2O.